The van der Waals surface area contributed by atoms with E-state index in [1.54, 1.807) is 19.2 Å². The average molecular weight is 595 g/mol. The maximum absolute atomic E-state index is 14.5. The summed E-state index contributed by atoms with van der Waals surface area (Å²) < 4.78 is 61.2. The van der Waals surface area contributed by atoms with Crippen LogP contribution in [0.1, 0.15) is 60.6 Å². The number of oxazole rings is 1. The second kappa shape index (κ2) is 10.2. The Kier molecular flexibility index (Phi) is 6.63. The van der Waals surface area contributed by atoms with Crippen LogP contribution < -0.4 is 9.64 Å². The Balaban J connectivity index is 1.26. The molecule has 0 amide bonds. The van der Waals surface area contributed by atoms with Gasteiger partial charge in [0.05, 0.1) is 30.0 Å². The average Bonchev–Trinajstić information content (AvgIpc) is 3.46. The monoisotopic (exact) mass is 594 g/mol. The van der Waals surface area contributed by atoms with E-state index in [0.717, 1.165) is 16.7 Å². The van der Waals surface area contributed by atoms with E-state index in [-0.39, 0.29) is 41.7 Å². The van der Waals surface area contributed by atoms with Crippen molar-refractivity contribution in [1.29, 1.82) is 5.26 Å². The SMILES string of the molecule is Cc1ccc2oc(C3CCN(C4=C(C#N)C(O)N(C)c5cc(OC6CCOC6)c(C6(C(F)(F)F)CC6)cc54)CC3)nc2c1. The lowest BCUT2D eigenvalue weighted by Crippen LogP contribution is -2.42. The molecule has 7 rings (SSSR count). The number of hydrogen-bond donors (Lipinski definition) is 1. The number of halogens is 3. The fraction of sp³-hybridized carbons (Fsp3) is 0.500. The number of likely N-dealkylation sites (tertiary alicyclic amines) is 1. The molecule has 43 heavy (non-hydrogen) atoms. The predicted molar refractivity (Wildman–Crippen MR) is 152 cm³/mol. The smallest absolute Gasteiger partial charge is 0.398 e. The van der Waals surface area contributed by atoms with Crippen molar-refractivity contribution < 1.29 is 32.2 Å². The summed E-state index contributed by atoms with van der Waals surface area (Å²) >= 11 is 0. The molecule has 2 unspecified atom stereocenters. The van der Waals surface area contributed by atoms with Gasteiger partial charge in [-0.3, -0.25) is 0 Å². The maximum atomic E-state index is 14.5. The summed E-state index contributed by atoms with van der Waals surface area (Å²) in [7, 11) is 1.64. The Hall–Kier alpha value is -3.75. The molecule has 11 heteroatoms. The molecule has 1 saturated carbocycles. The van der Waals surface area contributed by atoms with Gasteiger partial charge in [0.1, 0.15) is 29.0 Å². The molecule has 3 fully saturated rings. The standard InChI is InChI=1S/C32H33F3N4O4/c1-18-3-4-26-24(13-18)37-29(43-26)19-5-10-39(11-6-19)28-21-14-23(31(8-9-31)32(33,34)35)27(42-20-7-12-41-17-20)15-25(21)38(2)30(40)22(28)16-36/h3-4,13-15,19-20,30,40H,5-12,17H2,1-2H3. The fourth-order valence-electron chi connectivity index (χ4n) is 6.76. The summed E-state index contributed by atoms with van der Waals surface area (Å²) in [4.78, 5) is 8.26. The quantitative estimate of drug-likeness (QED) is 0.397. The lowest BCUT2D eigenvalue weighted by molar-refractivity contribution is -0.161. The number of aromatic nitrogens is 1. The van der Waals surface area contributed by atoms with Gasteiger partial charge in [-0.15, -0.1) is 0 Å². The predicted octanol–water partition coefficient (Wildman–Crippen LogP) is 5.78. The van der Waals surface area contributed by atoms with E-state index in [9.17, 15) is 23.5 Å². The van der Waals surface area contributed by atoms with Crippen molar-refractivity contribution >= 4 is 22.5 Å². The first-order valence-corrected chi connectivity index (χ1v) is 14.8. The van der Waals surface area contributed by atoms with Crippen LogP contribution in [0.3, 0.4) is 0 Å². The highest BCUT2D eigenvalue weighted by molar-refractivity contribution is 5.86. The van der Waals surface area contributed by atoms with Crippen molar-refractivity contribution in [2.75, 3.05) is 38.3 Å². The number of fused-ring (bicyclic) bond motifs is 2. The summed E-state index contributed by atoms with van der Waals surface area (Å²) in [5.74, 6) is 0.887. The topological polar surface area (TPSA) is 95.0 Å². The first-order chi connectivity index (χ1) is 20.6. The van der Waals surface area contributed by atoms with Crippen LogP contribution in [0.15, 0.2) is 40.3 Å². The number of aliphatic hydroxyl groups is 1. The Morgan fingerprint density at radius 1 is 1.14 bits per heavy atom. The molecule has 3 aliphatic heterocycles. The van der Waals surface area contributed by atoms with Crippen LogP contribution in [0.25, 0.3) is 16.8 Å². The van der Waals surface area contributed by atoms with E-state index in [1.807, 2.05) is 30.0 Å². The first-order valence-electron chi connectivity index (χ1n) is 14.8. The third kappa shape index (κ3) is 4.62. The number of likely N-dealkylation sites (N-methyl/N-ethyl adjacent to an activating group) is 1. The van der Waals surface area contributed by atoms with Crippen LogP contribution in [0.5, 0.6) is 5.75 Å². The van der Waals surface area contributed by atoms with Gasteiger partial charge in [-0.1, -0.05) is 6.07 Å². The Labute approximate surface area is 247 Å². The van der Waals surface area contributed by atoms with Crippen molar-refractivity contribution in [3.8, 4) is 11.8 Å². The number of hydrogen-bond acceptors (Lipinski definition) is 8. The number of rotatable bonds is 5. The molecule has 226 valence electrons. The minimum atomic E-state index is -4.45. The summed E-state index contributed by atoms with van der Waals surface area (Å²) in [6, 6.07) is 11.2. The number of alkyl halides is 3. The van der Waals surface area contributed by atoms with E-state index in [0.29, 0.717) is 68.4 Å². The molecule has 1 aliphatic carbocycles. The Bertz CT molecular complexity index is 1640. The molecule has 0 radical (unpaired) electrons. The van der Waals surface area contributed by atoms with Gasteiger partial charge in [0.2, 0.25) is 0 Å². The highest BCUT2D eigenvalue weighted by atomic mass is 19.4. The van der Waals surface area contributed by atoms with E-state index >= 15 is 0 Å². The van der Waals surface area contributed by atoms with Gasteiger partial charge < -0.3 is 28.8 Å². The van der Waals surface area contributed by atoms with Gasteiger partial charge in [-0.2, -0.15) is 18.4 Å². The molecule has 0 bridgehead atoms. The molecule has 3 aromatic rings. The highest BCUT2D eigenvalue weighted by Crippen LogP contribution is 2.62. The van der Waals surface area contributed by atoms with Crippen LogP contribution in [0, 0.1) is 18.3 Å². The van der Waals surface area contributed by atoms with Crippen LogP contribution in [0.4, 0.5) is 18.9 Å². The van der Waals surface area contributed by atoms with Gasteiger partial charge in [0.25, 0.3) is 0 Å². The van der Waals surface area contributed by atoms with Gasteiger partial charge >= 0.3 is 6.18 Å². The Morgan fingerprint density at radius 2 is 1.91 bits per heavy atom. The van der Waals surface area contributed by atoms with Crippen molar-refractivity contribution in [2.45, 2.75) is 68.9 Å². The van der Waals surface area contributed by atoms with E-state index in [2.05, 4.69) is 6.07 Å². The molecule has 8 nitrogen and oxygen atoms in total. The molecule has 0 spiro atoms. The van der Waals surface area contributed by atoms with Gasteiger partial charge in [0.15, 0.2) is 17.7 Å². The van der Waals surface area contributed by atoms with Gasteiger partial charge in [0, 0.05) is 49.7 Å². The maximum Gasteiger partial charge on any atom is 0.398 e. The summed E-state index contributed by atoms with van der Waals surface area (Å²) in [5, 5.41) is 21.4. The van der Waals surface area contributed by atoms with Crippen molar-refractivity contribution in [3.63, 3.8) is 0 Å². The lowest BCUT2D eigenvalue weighted by Gasteiger charge is -2.41. The lowest BCUT2D eigenvalue weighted by atomic mass is 9.87. The van der Waals surface area contributed by atoms with E-state index in [4.69, 9.17) is 18.9 Å². The van der Waals surface area contributed by atoms with Gasteiger partial charge in [-0.25, -0.2) is 4.98 Å². The number of benzene rings is 2. The molecule has 1 aromatic heterocycles. The number of aliphatic hydroxyl groups excluding tert-OH is 1. The van der Waals surface area contributed by atoms with Crippen LogP contribution in [-0.4, -0.2) is 66.8 Å². The molecular weight excluding hydrogens is 561 g/mol. The molecule has 4 heterocycles. The fourth-order valence-corrected chi connectivity index (χ4v) is 6.76. The van der Waals surface area contributed by atoms with E-state index in [1.165, 1.54) is 4.90 Å². The van der Waals surface area contributed by atoms with Crippen LogP contribution >= 0.6 is 0 Å². The first kappa shape index (κ1) is 28.0. The minimum absolute atomic E-state index is 0.0230. The number of aryl methyl sites for hydroxylation is 1. The molecule has 2 saturated heterocycles. The zero-order valence-electron chi connectivity index (χ0n) is 24.1. The van der Waals surface area contributed by atoms with Crippen molar-refractivity contribution in [3.05, 3.63) is 58.5 Å². The Morgan fingerprint density at radius 3 is 2.56 bits per heavy atom. The largest absolute Gasteiger partial charge is 0.488 e. The minimum Gasteiger partial charge on any atom is -0.488 e. The number of ether oxygens (including phenoxy) is 2. The summed E-state index contributed by atoms with van der Waals surface area (Å²) in [6.07, 6.45) is -4.16. The zero-order chi connectivity index (χ0) is 30.1. The highest BCUT2D eigenvalue weighted by Gasteiger charge is 2.65. The molecular formula is C32H33F3N4O4. The molecule has 2 atom stereocenters. The van der Waals surface area contributed by atoms with Crippen molar-refractivity contribution in [1.82, 2.24) is 9.88 Å². The molecule has 4 aliphatic rings. The number of nitriles is 1. The second-order valence-corrected chi connectivity index (χ2v) is 12.2. The molecule has 1 N–H and O–H groups in total. The second-order valence-electron chi connectivity index (χ2n) is 12.2. The van der Waals surface area contributed by atoms with E-state index < -0.39 is 17.8 Å². The third-order valence-electron chi connectivity index (χ3n) is 9.44. The molecule has 2 aromatic carbocycles. The summed E-state index contributed by atoms with van der Waals surface area (Å²) in [5.41, 5.74) is 2.35. The van der Waals surface area contributed by atoms with Gasteiger partial charge in [-0.05, 0) is 56.4 Å². The third-order valence-corrected chi connectivity index (χ3v) is 9.44. The normalized spacial score (nSPS) is 23.9. The zero-order valence-corrected chi connectivity index (χ0v) is 24.1. The van der Waals surface area contributed by atoms with Crippen LogP contribution in [-0.2, 0) is 10.2 Å². The van der Waals surface area contributed by atoms with Crippen molar-refractivity contribution in [2.24, 2.45) is 0 Å². The van der Waals surface area contributed by atoms with Crippen LogP contribution in [0.2, 0.25) is 0 Å². The number of anilines is 1. The number of piperidine rings is 1. The number of nitrogens with zero attached hydrogens (tertiary/aromatic N) is 4. The summed E-state index contributed by atoms with van der Waals surface area (Å²) in [6.45, 7) is 3.86.